The second-order valence-electron chi connectivity index (χ2n) is 9.72. The van der Waals surface area contributed by atoms with E-state index in [2.05, 4.69) is 10.3 Å². The van der Waals surface area contributed by atoms with Crippen LogP contribution in [-0.2, 0) is 25.9 Å². The zero-order chi connectivity index (χ0) is 27.1. The summed E-state index contributed by atoms with van der Waals surface area (Å²) in [6.45, 7) is 4.77. The van der Waals surface area contributed by atoms with Crippen molar-refractivity contribution in [3.8, 4) is 0 Å². The Balaban J connectivity index is 1.56. The number of ether oxygens (including phenoxy) is 2. The predicted octanol–water partition coefficient (Wildman–Crippen LogP) is 3.35. The average molecular weight is 546 g/mol. The van der Waals surface area contributed by atoms with Crippen LogP contribution in [0.2, 0.25) is 0 Å². The highest BCUT2D eigenvalue weighted by atomic mass is 32.2. The number of aromatic nitrogens is 1. The Hall–Kier alpha value is -2.99. The van der Waals surface area contributed by atoms with Gasteiger partial charge in [-0.3, -0.25) is 0 Å². The van der Waals surface area contributed by atoms with Crippen molar-refractivity contribution in [2.75, 3.05) is 26.3 Å². The Morgan fingerprint density at radius 3 is 2.74 bits per heavy atom. The highest BCUT2D eigenvalue weighted by Crippen LogP contribution is 2.23. The van der Waals surface area contributed by atoms with Gasteiger partial charge in [-0.25, -0.2) is 18.2 Å². The topological polar surface area (TPSA) is 131 Å². The maximum absolute atomic E-state index is 13.7. The molecule has 4 atom stereocenters. The van der Waals surface area contributed by atoms with E-state index in [1.807, 2.05) is 44.2 Å². The van der Waals surface area contributed by atoms with Crippen LogP contribution in [-0.4, -0.2) is 73.5 Å². The van der Waals surface area contributed by atoms with Crippen molar-refractivity contribution in [1.82, 2.24) is 14.6 Å². The number of carbonyl (C=O) groups is 1. The molecule has 1 aliphatic rings. The number of benzene rings is 2. The van der Waals surface area contributed by atoms with Crippen LogP contribution in [0.4, 0.5) is 4.79 Å². The third-order valence-electron chi connectivity index (χ3n) is 6.77. The third kappa shape index (κ3) is 7.10. The molecule has 0 radical (unpaired) electrons. The molecule has 38 heavy (non-hydrogen) atoms. The van der Waals surface area contributed by atoms with E-state index in [0.29, 0.717) is 37.2 Å². The first-order valence-electron chi connectivity index (χ1n) is 12.9. The van der Waals surface area contributed by atoms with E-state index in [1.165, 1.54) is 22.8 Å². The van der Waals surface area contributed by atoms with Crippen molar-refractivity contribution >= 4 is 27.2 Å². The number of hydrogen-bond donors (Lipinski definition) is 2. The molecule has 3 aromatic rings. The van der Waals surface area contributed by atoms with Crippen molar-refractivity contribution in [1.29, 1.82) is 0 Å². The smallest absolute Gasteiger partial charge is 0.407 e. The minimum atomic E-state index is -4.00. The molecule has 11 heteroatoms. The maximum Gasteiger partial charge on any atom is 0.407 e. The molecule has 2 heterocycles. The number of hydrogen-bond acceptors (Lipinski definition) is 8. The number of aliphatic hydroxyl groups is 1. The van der Waals surface area contributed by atoms with Crippen molar-refractivity contribution in [3.05, 3.63) is 60.5 Å². The molecule has 4 rings (SSSR count). The first-order chi connectivity index (χ1) is 18.3. The number of alkyl carbamates (subject to hydrolysis) is 1. The molecular weight excluding hydrogens is 510 g/mol. The van der Waals surface area contributed by atoms with Crippen LogP contribution in [0.5, 0.6) is 0 Å². The van der Waals surface area contributed by atoms with Crippen LogP contribution < -0.4 is 5.32 Å². The molecule has 1 saturated heterocycles. The van der Waals surface area contributed by atoms with Crippen LogP contribution in [0.15, 0.2) is 64.2 Å². The van der Waals surface area contributed by atoms with E-state index >= 15 is 0 Å². The lowest BCUT2D eigenvalue weighted by Crippen LogP contribution is -2.51. The van der Waals surface area contributed by atoms with E-state index in [0.717, 1.165) is 12.0 Å². The number of amides is 1. The lowest BCUT2D eigenvalue weighted by Gasteiger charge is -2.31. The van der Waals surface area contributed by atoms with Gasteiger partial charge in [0.1, 0.15) is 11.6 Å². The van der Waals surface area contributed by atoms with Crippen LogP contribution >= 0.6 is 0 Å². The minimum Gasteiger partial charge on any atom is -0.444 e. The van der Waals surface area contributed by atoms with Crippen LogP contribution in [0.25, 0.3) is 11.1 Å². The number of oxazole rings is 1. The summed E-state index contributed by atoms with van der Waals surface area (Å²) in [4.78, 5) is 16.8. The van der Waals surface area contributed by atoms with Gasteiger partial charge in [0, 0.05) is 25.6 Å². The summed E-state index contributed by atoms with van der Waals surface area (Å²) in [5.41, 5.74) is 1.79. The summed E-state index contributed by atoms with van der Waals surface area (Å²) in [6, 6.07) is 13.1. The number of rotatable bonds is 12. The quantitative estimate of drug-likeness (QED) is 0.354. The highest BCUT2D eigenvalue weighted by molar-refractivity contribution is 7.89. The number of aliphatic hydroxyl groups excluding tert-OH is 1. The Morgan fingerprint density at radius 1 is 1.24 bits per heavy atom. The van der Waals surface area contributed by atoms with Gasteiger partial charge in [0.15, 0.2) is 12.0 Å². The van der Waals surface area contributed by atoms with Crippen LogP contribution in [0, 0.1) is 5.92 Å². The summed E-state index contributed by atoms with van der Waals surface area (Å²) < 4.78 is 44.8. The average Bonchev–Trinajstić information content (AvgIpc) is 3.60. The molecule has 1 fully saturated rings. The normalized spacial score (nSPS) is 18.4. The van der Waals surface area contributed by atoms with E-state index in [1.54, 1.807) is 6.07 Å². The van der Waals surface area contributed by atoms with E-state index < -0.39 is 28.3 Å². The molecule has 0 spiro atoms. The van der Waals surface area contributed by atoms with Crippen LogP contribution in [0.1, 0.15) is 32.3 Å². The summed E-state index contributed by atoms with van der Waals surface area (Å²) in [7, 11) is -4.00. The number of nitrogens with zero attached hydrogens (tertiary/aromatic N) is 2. The summed E-state index contributed by atoms with van der Waals surface area (Å²) in [6.07, 6.45) is 0.680. The fourth-order valence-corrected chi connectivity index (χ4v) is 5.92. The van der Waals surface area contributed by atoms with Gasteiger partial charge in [0.2, 0.25) is 10.0 Å². The van der Waals surface area contributed by atoms with Crippen molar-refractivity contribution in [3.63, 3.8) is 0 Å². The lowest BCUT2D eigenvalue weighted by molar-refractivity contribution is 0.0642. The van der Waals surface area contributed by atoms with Gasteiger partial charge < -0.3 is 24.3 Å². The largest absolute Gasteiger partial charge is 0.444 e. The number of nitrogens with one attached hydrogen (secondary N) is 1. The van der Waals surface area contributed by atoms with Gasteiger partial charge in [-0.2, -0.15) is 4.31 Å². The molecule has 0 bridgehead atoms. The third-order valence-corrected chi connectivity index (χ3v) is 8.60. The Morgan fingerprint density at radius 2 is 2.03 bits per heavy atom. The minimum absolute atomic E-state index is 0.0406. The molecule has 1 amide bonds. The molecule has 0 unspecified atom stereocenters. The first-order valence-corrected chi connectivity index (χ1v) is 14.3. The summed E-state index contributed by atoms with van der Waals surface area (Å²) in [5.74, 6) is 0.0406. The number of carbonyl (C=O) groups excluding carboxylic acids is 1. The monoisotopic (exact) mass is 545 g/mol. The molecule has 2 aromatic carbocycles. The Bertz CT molecular complexity index is 1290. The van der Waals surface area contributed by atoms with E-state index in [-0.39, 0.29) is 30.0 Å². The molecule has 0 aliphatic carbocycles. The molecular formula is C27H35N3O7S. The van der Waals surface area contributed by atoms with Gasteiger partial charge in [-0.05, 0) is 30.0 Å². The van der Waals surface area contributed by atoms with Crippen molar-refractivity contribution in [2.24, 2.45) is 5.92 Å². The summed E-state index contributed by atoms with van der Waals surface area (Å²) in [5, 5.41) is 14.1. The van der Waals surface area contributed by atoms with Gasteiger partial charge in [0.25, 0.3) is 0 Å². The van der Waals surface area contributed by atoms with Crippen LogP contribution in [0.3, 0.4) is 0 Å². The van der Waals surface area contributed by atoms with E-state index in [4.69, 9.17) is 13.9 Å². The number of fused-ring (bicyclic) bond motifs is 1. The SMILES string of the molecule is CC[C@H](C)CN(C[C@@H](O)[C@H](Cc1ccccc1)NC(=O)O[C@H]1CCOC1)S(=O)(=O)c1ccc2ncoc2c1. The fraction of sp³-hybridized carbons (Fsp3) is 0.481. The zero-order valence-corrected chi connectivity index (χ0v) is 22.5. The maximum atomic E-state index is 13.7. The fourth-order valence-electron chi connectivity index (χ4n) is 4.32. The van der Waals surface area contributed by atoms with Gasteiger partial charge in [0.05, 0.1) is 30.3 Å². The molecule has 10 nitrogen and oxygen atoms in total. The molecule has 0 saturated carbocycles. The zero-order valence-electron chi connectivity index (χ0n) is 21.7. The van der Waals surface area contributed by atoms with Gasteiger partial charge >= 0.3 is 6.09 Å². The second-order valence-corrected chi connectivity index (χ2v) is 11.7. The molecule has 1 aliphatic heterocycles. The first kappa shape index (κ1) is 28.0. The molecule has 1 aromatic heterocycles. The molecule has 2 N–H and O–H groups in total. The highest BCUT2D eigenvalue weighted by Gasteiger charge is 2.33. The number of sulfonamides is 1. The standard InChI is InChI=1S/C27H35N3O7S/c1-3-19(2)15-30(38(33,34)22-9-10-23-26(14-22)36-18-28-23)16-25(31)24(13-20-7-5-4-6-8-20)29-27(32)37-21-11-12-35-17-21/h4-10,14,18-19,21,24-25,31H,3,11-13,15-17H2,1-2H3,(H,29,32)/t19-,21-,24-,25+/m0/s1. The van der Waals surface area contributed by atoms with E-state index in [9.17, 15) is 18.3 Å². The molecule has 206 valence electrons. The van der Waals surface area contributed by atoms with Crippen molar-refractivity contribution in [2.45, 2.75) is 56.3 Å². The second kappa shape index (κ2) is 12.7. The van der Waals surface area contributed by atoms with Crippen molar-refractivity contribution < 1.29 is 32.2 Å². The predicted molar refractivity (Wildman–Crippen MR) is 141 cm³/mol. The van der Waals surface area contributed by atoms with Gasteiger partial charge in [-0.1, -0.05) is 50.6 Å². The Kier molecular flexibility index (Phi) is 9.37. The summed E-state index contributed by atoms with van der Waals surface area (Å²) >= 11 is 0. The lowest BCUT2D eigenvalue weighted by atomic mass is 10.0. The van der Waals surface area contributed by atoms with Gasteiger partial charge in [-0.15, -0.1) is 0 Å². The Labute approximate surface area is 223 Å².